The van der Waals surface area contributed by atoms with E-state index in [4.69, 9.17) is 5.73 Å². The number of nitrogens with one attached hydrogen (secondary N) is 1. The Morgan fingerprint density at radius 2 is 2.33 bits per heavy atom. The number of nitro benzene ring substituents is 1. The molecule has 1 saturated heterocycles. The Morgan fingerprint density at radius 1 is 1.56 bits per heavy atom. The molecule has 0 radical (unpaired) electrons. The van der Waals surface area contributed by atoms with Crippen LogP contribution in [0.15, 0.2) is 18.2 Å². The van der Waals surface area contributed by atoms with Crippen LogP contribution in [0, 0.1) is 10.1 Å². The summed E-state index contributed by atoms with van der Waals surface area (Å²) in [5.74, 6) is 1.42. The molecule has 6 nitrogen and oxygen atoms in total. The monoisotopic (exact) mass is 267 g/mol. The second-order valence-corrected chi connectivity index (χ2v) is 5.18. The largest absolute Gasteiger partial charge is 0.393 e. The van der Waals surface area contributed by atoms with Gasteiger partial charge in [0.1, 0.15) is 11.3 Å². The first-order chi connectivity index (χ1) is 8.59. The smallest absolute Gasteiger partial charge is 0.304 e. The first kappa shape index (κ1) is 12.7. The number of anilines is 1. The fourth-order valence-corrected chi connectivity index (χ4v) is 3.01. The Bertz CT molecular complexity index is 486. The van der Waals surface area contributed by atoms with Crippen molar-refractivity contribution in [3.63, 3.8) is 0 Å². The summed E-state index contributed by atoms with van der Waals surface area (Å²) in [6.07, 6.45) is 0.895. The number of carbonyl (C=O) groups excluding carboxylic acids is 1. The topological polar surface area (TPSA) is 98.3 Å². The predicted molar refractivity (Wildman–Crippen MR) is 70.7 cm³/mol. The van der Waals surface area contributed by atoms with Gasteiger partial charge < -0.3 is 11.1 Å². The molecule has 0 saturated carbocycles. The van der Waals surface area contributed by atoms with Crippen LogP contribution in [0.3, 0.4) is 0 Å². The van der Waals surface area contributed by atoms with E-state index < -0.39 is 10.8 Å². The second-order valence-electron chi connectivity index (χ2n) is 4.03. The van der Waals surface area contributed by atoms with E-state index in [2.05, 4.69) is 5.32 Å². The van der Waals surface area contributed by atoms with Crippen molar-refractivity contribution in [1.29, 1.82) is 0 Å². The van der Waals surface area contributed by atoms with E-state index in [1.807, 2.05) is 0 Å². The maximum atomic E-state index is 12.0. The lowest BCUT2D eigenvalue weighted by Crippen LogP contribution is -2.35. The zero-order chi connectivity index (χ0) is 13.1. The Kier molecular flexibility index (Phi) is 3.71. The maximum Gasteiger partial charge on any atom is 0.304 e. The number of thioether (sulfide) groups is 1. The number of nitro groups is 1. The van der Waals surface area contributed by atoms with Crippen molar-refractivity contribution in [2.75, 3.05) is 17.2 Å². The van der Waals surface area contributed by atoms with Crippen LogP contribution in [0.4, 0.5) is 11.4 Å². The van der Waals surface area contributed by atoms with Gasteiger partial charge in [0, 0.05) is 11.8 Å². The molecule has 1 atom stereocenters. The van der Waals surface area contributed by atoms with Gasteiger partial charge in [-0.25, -0.2) is 0 Å². The van der Waals surface area contributed by atoms with Gasteiger partial charge in [-0.15, -0.1) is 0 Å². The number of rotatable bonds is 3. The van der Waals surface area contributed by atoms with Crippen LogP contribution >= 0.6 is 11.8 Å². The standard InChI is InChI=1S/C11H13N3O3S/c12-9-3-1-2-8(10(9)14(16)17)11(15)13-7-4-5-18-6-7/h1-3,7H,4-6,12H2,(H,13,15). The minimum absolute atomic E-state index is 0.00782. The van der Waals surface area contributed by atoms with Crippen molar-refractivity contribution >= 4 is 29.0 Å². The van der Waals surface area contributed by atoms with E-state index in [1.54, 1.807) is 17.8 Å². The van der Waals surface area contributed by atoms with Crippen LogP contribution in [-0.4, -0.2) is 28.4 Å². The Balaban J connectivity index is 2.24. The van der Waals surface area contributed by atoms with Crippen LogP contribution in [0.25, 0.3) is 0 Å². The molecule has 1 aliphatic heterocycles. The molecule has 0 bridgehead atoms. The summed E-state index contributed by atoms with van der Waals surface area (Å²) in [7, 11) is 0. The minimum Gasteiger partial charge on any atom is -0.393 e. The van der Waals surface area contributed by atoms with Gasteiger partial charge in [-0.1, -0.05) is 6.07 Å². The van der Waals surface area contributed by atoms with Gasteiger partial charge in [0.15, 0.2) is 0 Å². The fraction of sp³-hybridized carbons (Fsp3) is 0.364. The van der Waals surface area contributed by atoms with Gasteiger partial charge in [-0.2, -0.15) is 11.8 Å². The Labute approximate surface area is 108 Å². The molecule has 18 heavy (non-hydrogen) atoms. The van der Waals surface area contributed by atoms with Gasteiger partial charge >= 0.3 is 5.69 Å². The highest BCUT2D eigenvalue weighted by Gasteiger charge is 2.25. The highest BCUT2D eigenvalue weighted by Crippen LogP contribution is 2.26. The number of hydrogen-bond donors (Lipinski definition) is 2. The molecule has 3 N–H and O–H groups in total. The van der Waals surface area contributed by atoms with Crippen LogP contribution in [0.2, 0.25) is 0 Å². The molecule has 0 spiro atoms. The molecule has 1 unspecified atom stereocenters. The summed E-state index contributed by atoms with van der Waals surface area (Å²) in [5, 5.41) is 13.7. The van der Waals surface area contributed by atoms with E-state index in [1.165, 1.54) is 12.1 Å². The number of carbonyl (C=O) groups is 1. The number of nitrogens with zero attached hydrogens (tertiary/aromatic N) is 1. The van der Waals surface area contributed by atoms with Gasteiger partial charge in [0.2, 0.25) is 0 Å². The van der Waals surface area contributed by atoms with Gasteiger partial charge in [0.05, 0.1) is 4.92 Å². The average Bonchev–Trinajstić information content (AvgIpc) is 2.80. The minimum atomic E-state index is -0.617. The van der Waals surface area contributed by atoms with E-state index in [9.17, 15) is 14.9 Å². The van der Waals surface area contributed by atoms with Crippen molar-refractivity contribution in [3.05, 3.63) is 33.9 Å². The van der Waals surface area contributed by atoms with Gasteiger partial charge in [-0.05, 0) is 24.3 Å². The summed E-state index contributed by atoms with van der Waals surface area (Å²) < 4.78 is 0. The van der Waals surface area contributed by atoms with E-state index in [0.29, 0.717) is 0 Å². The number of para-hydroxylation sites is 1. The fourth-order valence-electron chi connectivity index (χ4n) is 1.86. The van der Waals surface area contributed by atoms with Gasteiger partial charge in [-0.3, -0.25) is 14.9 Å². The van der Waals surface area contributed by atoms with E-state index in [-0.39, 0.29) is 23.0 Å². The van der Waals surface area contributed by atoms with Crippen LogP contribution in [0.1, 0.15) is 16.8 Å². The zero-order valence-electron chi connectivity index (χ0n) is 9.59. The molecular formula is C11H13N3O3S. The Morgan fingerprint density at radius 3 is 2.94 bits per heavy atom. The number of nitrogens with two attached hydrogens (primary N) is 1. The Hall–Kier alpha value is -1.76. The molecule has 0 aromatic heterocycles. The summed E-state index contributed by atoms with van der Waals surface area (Å²) in [6.45, 7) is 0. The lowest BCUT2D eigenvalue weighted by Gasteiger charge is -2.11. The third kappa shape index (κ3) is 2.56. The molecule has 1 heterocycles. The molecule has 2 rings (SSSR count). The summed E-state index contributed by atoms with van der Waals surface area (Å²) >= 11 is 1.76. The summed E-state index contributed by atoms with van der Waals surface area (Å²) in [6, 6.07) is 4.47. The quantitative estimate of drug-likeness (QED) is 0.490. The van der Waals surface area contributed by atoms with Crippen molar-refractivity contribution in [3.8, 4) is 0 Å². The summed E-state index contributed by atoms with van der Waals surface area (Å²) in [5.41, 5.74) is 5.26. The van der Waals surface area contributed by atoms with Crippen LogP contribution < -0.4 is 11.1 Å². The number of amides is 1. The highest BCUT2D eigenvalue weighted by molar-refractivity contribution is 7.99. The number of nitrogen functional groups attached to an aromatic ring is 1. The highest BCUT2D eigenvalue weighted by atomic mass is 32.2. The molecule has 96 valence electrons. The molecule has 1 aromatic rings. The molecular weight excluding hydrogens is 254 g/mol. The lowest BCUT2D eigenvalue weighted by atomic mass is 10.1. The number of benzene rings is 1. The van der Waals surface area contributed by atoms with Crippen LogP contribution in [-0.2, 0) is 0 Å². The van der Waals surface area contributed by atoms with Crippen molar-refractivity contribution < 1.29 is 9.72 Å². The molecule has 1 amide bonds. The van der Waals surface area contributed by atoms with Gasteiger partial charge in [0.25, 0.3) is 5.91 Å². The first-order valence-corrected chi connectivity index (χ1v) is 6.66. The normalized spacial score (nSPS) is 18.6. The second kappa shape index (κ2) is 5.26. The third-order valence-corrected chi connectivity index (χ3v) is 3.92. The molecule has 1 aliphatic rings. The molecule has 1 aromatic carbocycles. The molecule has 0 aliphatic carbocycles. The lowest BCUT2D eigenvalue weighted by molar-refractivity contribution is -0.384. The van der Waals surface area contributed by atoms with E-state index >= 15 is 0 Å². The molecule has 1 fully saturated rings. The first-order valence-electron chi connectivity index (χ1n) is 5.51. The van der Waals surface area contributed by atoms with Crippen molar-refractivity contribution in [1.82, 2.24) is 5.32 Å². The predicted octanol–water partition coefficient (Wildman–Crippen LogP) is 1.41. The van der Waals surface area contributed by atoms with Crippen molar-refractivity contribution in [2.24, 2.45) is 0 Å². The van der Waals surface area contributed by atoms with Crippen LogP contribution in [0.5, 0.6) is 0 Å². The number of hydrogen-bond acceptors (Lipinski definition) is 5. The maximum absolute atomic E-state index is 12.0. The average molecular weight is 267 g/mol. The van der Waals surface area contributed by atoms with Crippen molar-refractivity contribution in [2.45, 2.75) is 12.5 Å². The third-order valence-electron chi connectivity index (χ3n) is 2.76. The summed E-state index contributed by atoms with van der Waals surface area (Å²) in [4.78, 5) is 22.3. The molecule has 7 heteroatoms. The van der Waals surface area contributed by atoms with E-state index in [0.717, 1.165) is 17.9 Å². The zero-order valence-corrected chi connectivity index (χ0v) is 10.4. The SMILES string of the molecule is Nc1cccc(C(=O)NC2CCSC2)c1[N+](=O)[O-].